The van der Waals surface area contributed by atoms with Gasteiger partial charge in [-0.05, 0) is 35.8 Å². The first-order valence-corrected chi connectivity index (χ1v) is 13.3. The van der Waals surface area contributed by atoms with E-state index in [-0.39, 0.29) is 24.2 Å². The molecule has 0 bridgehead atoms. The number of rotatable bonds is 14. The van der Waals surface area contributed by atoms with Crippen molar-refractivity contribution in [3.8, 4) is 0 Å². The fourth-order valence-corrected chi connectivity index (χ4v) is 4.25. The van der Waals surface area contributed by atoms with Gasteiger partial charge in [-0.15, -0.1) is 0 Å². The van der Waals surface area contributed by atoms with E-state index in [1.807, 2.05) is 52.0 Å². The zero-order chi connectivity index (χ0) is 28.6. The quantitative estimate of drug-likeness (QED) is 0.220. The predicted molar refractivity (Wildman–Crippen MR) is 147 cm³/mol. The molecule has 5 atom stereocenters. The summed E-state index contributed by atoms with van der Waals surface area (Å²) in [6.07, 6.45) is 2.96. The van der Waals surface area contributed by atoms with Crippen LogP contribution in [0.15, 0.2) is 30.5 Å². The van der Waals surface area contributed by atoms with Crippen LogP contribution >= 0.6 is 0 Å². The number of aliphatic carboxylic acids is 1. The molecule has 3 amide bonds. The first kappa shape index (κ1) is 30.8. The normalized spacial score (nSPS) is 15.5. The summed E-state index contributed by atoms with van der Waals surface area (Å²) in [4.78, 5) is 54.5. The van der Waals surface area contributed by atoms with Crippen molar-refractivity contribution >= 4 is 34.6 Å². The number of aromatic nitrogens is 1. The van der Waals surface area contributed by atoms with Crippen molar-refractivity contribution in [1.29, 1.82) is 0 Å². The predicted octanol–water partition coefficient (Wildman–Crippen LogP) is 2.32. The topological polar surface area (TPSA) is 166 Å². The lowest BCUT2D eigenvalue weighted by atomic mass is 9.97. The van der Waals surface area contributed by atoms with E-state index in [0.717, 1.165) is 16.5 Å². The summed E-state index contributed by atoms with van der Waals surface area (Å²) in [6, 6.07) is 3.77. The molecule has 0 fully saturated rings. The summed E-state index contributed by atoms with van der Waals surface area (Å²) in [7, 11) is 0. The van der Waals surface area contributed by atoms with E-state index in [1.165, 1.54) is 0 Å². The van der Waals surface area contributed by atoms with Gasteiger partial charge in [0.2, 0.25) is 17.7 Å². The van der Waals surface area contributed by atoms with Crippen molar-refractivity contribution in [1.82, 2.24) is 20.9 Å². The Balaban J connectivity index is 2.32. The summed E-state index contributed by atoms with van der Waals surface area (Å²) >= 11 is 0. The van der Waals surface area contributed by atoms with Crippen LogP contribution in [0.25, 0.3) is 10.9 Å². The van der Waals surface area contributed by atoms with Crippen molar-refractivity contribution in [2.24, 2.45) is 23.5 Å². The van der Waals surface area contributed by atoms with E-state index in [0.29, 0.717) is 12.8 Å². The summed E-state index contributed by atoms with van der Waals surface area (Å²) in [5.74, 6) is -3.12. The lowest BCUT2D eigenvalue weighted by Crippen LogP contribution is -2.58. The number of amides is 3. The maximum absolute atomic E-state index is 13.6. The first-order valence-electron chi connectivity index (χ1n) is 13.3. The van der Waals surface area contributed by atoms with Crippen LogP contribution in [0.4, 0.5) is 0 Å². The maximum atomic E-state index is 13.6. The average molecular weight is 530 g/mol. The van der Waals surface area contributed by atoms with Gasteiger partial charge in [0.1, 0.15) is 18.1 Å². The Kier molecular flexibility index (Phi) is 11.3. The highest BCUT2D eigenvalue weighted by molar-refractivity contribution is 5.95. The van der Waals surface area contributed by atoms with Crippen LogP contribution in [0.2, 0.25) is 0 Å². The summed E-state index contributed by atoms with van der Waals surface area (Å²) in [5.41, 5.74) is 7.87. The van der Waals surface area contributed by atoms with E-state index in [2.05, 4.69) is 20.9 Å². The lowest BCUT2D eigenvalue weighted by Gasteiger charge is -2.27. The molecule has 0 spiro atoms. The Morgan fingerprint density at radius 2 is 1.53 bits per heavy atom. The number of carbonyl (C=O) groups excluding carboxylic acids is 3. The molecule has 10 heteroatoms. The van der Waals surface area contributed by atoms with E-state index in [4.69, 9.17) is 5.73 Å². The average Bonchev–Trinajstić information content (AvgIpc) is 3.27. The fraction of sp³-hybridized carbons (Fsp3) is 0.571. The molecule has 0 saturated carbocycles. The molecule has 210 valence electrons. The van der Waals surface area contributed by atoms with Gasteiger partial charge in [0.05, 0.1) is 6.04 Å². The van der Waals surface area contributed by atoms with Crippen molar-refractivity contribution in [2.45, 2.75) is 85.0 Å². The van der Waals surface area contributed by atoms with Crippen LogP contribution in [0, 0.1) is 17.8 Å². The van der Waals surface area contributed by atoms with Crippen molar-refractivity contribution in [2.75, 3.05) is 0 Å². The van der Waals surface area contributed by atoms with Gasteiger partial charge >= 0.3 is 5.97 Å². The Bertz CT molecular complexity index is 1110. The Morgan fingerprint density at radius 1 is 0.921 bits per heavy atom. The molecule has 1 heterocycles. The third-order valence-corrected chi connectivity index (χ3v) is 6.86. The molecule has 5 unspecified atom stereocenters. The van der Waals surface area contributed by atoms with Gasteiger partial charge in [-0.1, -0.05) is 66.2 Å². The molecule has 0 aliphatic heterocycles. The highest BCUT2D eigenvalue weighted by Crippen LogP contribution is 2.20. The molecular formula is C28H43N5O5. The summed E-state index contributed by atoms with van der Waals surface area (Å²) in [6.45, 7) is 11.0. The Morgan fingerprint density at radius 3 is 2.11 bits per heavy atom. The summed E-state index contributed by atoms with van der Waals surface area (Å²) < 4.78 is 0. The largest absolute Gasteiger partial charge is 0.480 e. The molecule has 38 heavy (non-hydrogen) atoms. The van der Waals surface area contributed by atoms with E-state index in [9.17, 15) is 24.3 Å². The smallest absolute Gasteiger partial charge is 0.326 e. The number of para-hydroxylation sites is 1. The third kappa shape index (κ3) is 8.31. The minimum atomic E-state index is -1.15. The highest BCUT2D eigenvalue weighted by atomic mass is 16.4. The molecule has 0 aliphatic carbocycles. The van der Waals surface area contributed by atoms with Gasteiger partial charge < -0.3 is 31.8 Å². The van der Waals surface area contributed by atoms with E-state index < -0.39 is 47.9 Å². The number of hydrogen-bond donors (Lipinski definition) is 6. The van der Waals surface area contributed by atoms with Gasteiger partial charge in [-0.25, -0.2) is 4.79 Å². The number of hydrogen-bond acceptors (Lipinski definition) is 5. The molecule has 7 N–H and O–H groups in total. The molecule has 10 nitrogen and oxygen atoms in total. The number of carbonyl (C=O) groups is 4. The fourth-order valence-electron chi connectivity index (χ4n) is 4.25. The number of fused-ring (bicyclic) bond motifs is 1. The minimum Gasteiger partial charge on any atom is -0.480 e. The second-order valence-electron chi connectivity index (χ2n) is 10.8. The van der Waals surface area contributed by atoms with E-state index in [1.54, 1.807) is 20.0 Å². The third-order valence-electron chi connectivity index (χ3n) is 6.86. The van der Waals surface area contributed by atoms with Crippen LogP contribution in [0.1, 0.15) is 59.9 Å². The van der Waals surface area contributed by atoms with Crippen LogP contribution in [-0.4, -0.2) is 57.9 Å². The SMILES string of the molecule is CCC(C)C(N)C(=O)NC(Cc1c[nH]c2ccccc12)C(=O)NC(CC(C)C)C(=O)NC(C(=O)O)C(C)C. The second kappa shape index (κ2) is 13.9. The molecular weight excluding hydrogens is 486 g/mol. The zero-order valence-electron chi connectivity index (χ0n) is 23.2. The number of carboxylic acids is 1. The van der Waals surface area contributed by atoms with Gasteiger partial charge in [0, 0.05) is 23.5 Å². The number of benzene rings is 1. The molecule has 2 rings (SSSR count). The van der Waals surface area contributed by atoms with Crippen molar-refractivity contribution in [3.63, 3.8) is 0 Å². The maximum Gasteiger partial charge on any atom is 0.326 e. The standard InChI is InChI=1S/C28H43N5O5/c1-7-17(6)23(29)27(36)32-22(13-18-14-30-20-11-9-8-10-19(18)20)25(34)31-21(12-15(2)3)26(35)33-24(16(4)5)28(37)38/h8-11,14-17,21-24,30H,7,12-13,29H2,1-6H3,(H,31,34)(H,32,36)(H,33,35)(H,37,38). The number of nitrogens with one attached hydrogen (secondary N) is 4. The molecule has 1 aromatic carbocycles. The van der Waals surface area contributed by atoms with Crippen molar-refractivity contribution in [3.05, 3.63) is 36.0 Å². The zero-order valence-corrected chi connectivity index (χ0v) is 23.2. The second-order valence-corrected chi connectivity index (χ2v) is 10.8. The number of nitrogens with two attached hydrogens (primary N) is 1. The van der Waals surface area contributed by atoms with Gasteiger partial charge in [-0.2, -0.15) is 0 Å². The molecule has 0 radical (unpaired) electrons. The van der Waals surface area contributed by atoms with Crippen LogP contribution in [0.3, 0.4) is 0 Å². The molecule has 1 aromatic heterocycles. The first-order chi connectivity index (χ1) is 17.8. The minimum absolute atomic E-state index is 0.0360. The highest BCUT2D eigenvalue weighted by Gasteiger charge is 2.32. The Labute approximate surface area is 224 Å². The summed E-state index contributed by atoms with van der Waals surface area (Å²) in [5, 5.41) is 18.5. The number of H-pyrrole nitrogens is 1. The van der Waals surface area contributed by atoms with Gasteiger partial charge in [-0.3, -0.25) is 14.4 Å². The lowest BCUT2D eigenvalue weighted by molar-refractivity contribution is -0.143. The molecule has 2 aromatic rings. The Hall–Kier alpha value is -3.40. The number of aromatic amines is 1. The van der Waals surface area contributed by atoms with E-state index >= 15 is 0 Å². The van der Waals surface area contributed by atoms with Crippen LogP contribution in [0.5, 0.6) is 0 Å². The molecule has 0 saturated heterocycles. The van der Waals surface area contributed by atoms with Gasteiger partial charge in [0.25, 0.3) is 0 Å². The van der Waals surface area contributed by atoms with Gasteiger partial charge in [0.15, 0.2) is 0 Å². The number of carboxylic acid groups (broad SMARTS) is 1. The molecule has 0 aliphatic rings. The monoisotopic (exact) mass is 529 g/mol. The van der Waals surface area contributed by atoms with Crippen LogP contribution < -0.4 is 21.7 Å². The van der Waals surface area contributed by atoms with Crippen molar-refractivity contribution < 1.29 is 24.3 Å². The van der Waals surface area contributed by atoms with Crippen LogP contribution in [-0.2, 0) is 25.6 Å².